The highest BCUT2D eigenvalue weighted by Crippen LogP contribution is 2.16. The van der Waals surface area contributed by atoms with E-state index >= 15 is 0 Å². The van der Waals surface area contributed by atoms with Crippen LogP contribution in [0.2, 0.25) is 0 Å². The molecule has 0 aliphatic heterocycles. The smallest absolute Gasteiger partial charge is 0.280 e. The number of halogens is 1. The van der Waals surface area contributed by atoms with Crippen LogP contribution in [0.15, 0.2) is 58.3 Å². The summed E-state index contributed by atoms with van der Waals surface area (Å²) < 4.78 is 16.1. The lowest BCUT2D eigenvalue weighted by Crippen LogP contribution is -2.20. The SMILES string of the molecule is CC(C)=CCSc1nnc2c(=O)n(-c3ccc(F)cc3)ccn12. The summed E-state index contributed by atoms with van der Waals surface area (Å²) in [4.78, 5) is 12.5. The molecular weight excluding hydrogens is 315 g/mol. The van der Waals surface area contributed by atoms with Gasteiger partial charge in [0.15, 0.2) is 5.16 Å². The van der Waals surface area contributed by atoms with E-state index in [2.05, 4.69) is 16.3 Å². The molecule has 0 aliphatic carbocycles. The molecule has 0 radical (unpaired) electrons. The summed E-state index contributed by atoms with van der Waals surface area (Å²) in [6.45, 7) is 4.06. The Hall–Kier alpha value is -2.41. The highest BCUT2D eigenvalue weighted by atomic mass is 32.2. The van der Waals surface area contributed by atoms with E-state index in [1.54, 1.807) is 28.9 Å². The number of thioether (sulfide) groups is 1. The van der Waals surface area contributed by atoms with Gasteiger partial charge >= 0.3 is 5.56 Å². The van der Waals surface area contributed by atoms with Crippen molar-refractivity contribution in [1.29, 1.82) is 0 Å². The molecule has 118 valence electrons. The quantitative estimate of drug-likeness (QED) is 0.545. The number of fused-ring (bicyclic) bond motifs is 1. The number of hydrogen-bond acceptors (Lipinski definition) is 4. The summed E-state index contributed by atoms with van der Waals surface area (Å²) >= 11 is 1.51. The molecule has 0 fully saturated rings. The molecule has 5 nitrogen and oxygen atoms in total. The Kier molecular flexibility index (Phi) is 4.29. The molecule has 0 aliphatic rings. The van der Waals surface area contributed by atoms with Crippen molar-refractivity contribution in [2.24, 2.45) is 0 Å². The molecular formula is C16H15FN4OS. The summed E-state index contributed by atoms with van der Waals surface area (Å²) in [6, 6.07) is 5.73. The average Bonchev–Trinajstić information content (AvgIpc) is 2.93. The normalized spacial score (nSPS) is 10.9. The van der Waals surface area contributed by atoms with Gasteiger partial charge in [0.25, 0.3) is 0 Å². The average molecular weight is 330 g/mol. The Morgan fingerprint density at radius 2 is 1.96 bits per heavy atom. The van der Waals surface area contributed by atoms with Gasteiger partial charge in [-0.3, -0.25) is 13.8 Å². The van der Waals surface area contributed by atoms with Crippen LogP contribution in [0.1, 0.15) is 13.8 Å². The molecule has 7 heteroatoms. The third-order valence-corrected chi connectivity index (χ3v) is 4.12. The first kappa shape index (κ1) is 15.5. The Labute approximate surface area is 136 Å². The fourth-order valence-corrected chi connectivity index (χ4v) is 3.00. The predicted molar refractivity (Wildman–Crippen MR) is 88.7 cm³/mol. The summed E-state index contributed by atoms with van der Waals surface area (Å²) in [5, 5.41) is 8.73. The number of hydrogen-bond donors (Lipinski definition) is 0. The predicted octanol–water partition coefficient (Wildman–Crippen LogP) is 3.08. The van der Waals surface area contributed by atoms with Gasteiger partial charge in [-0.1, -0.05) is 23.4 Å². The lowest BCUT2D eigenvalue weighted by atomic mass is 10.3. The number of benzene rings is 1. The second kappa shape index (κ2) is 6.37. The zero-order valence-electron chi connectivity index (χ0n) is 12.7. The van der Waals surface area contributed by atoms with Crippen LogP contribution in [0, 0.1) is 5.82 Å². The van der Waals surface area contributed by atoms with Crippen molar-refractivity contribution in [3.8, 4) is 5.69 Å². The molecule has 0 unspecified atom stereocenters. The first-order chi connectivity index (χ1) is 11.1. The fraction of sp³-hybridized carbons (Fsp3) is 0.188. The van der Waals surface area contributed by atoms with Gasteiger partial charge in [-0.15, -0.1) is 10.2 Å². The van der Waals surface area contributed by atoms with Crippen molar-refractivity contribution >= 4 is 17.4 Å². The molecule has 0 bridgehead atoms. The zero-order valence-corrected chi connectivity index (χ0v) is 13.5. The number of aromatic nitrogens is 4. The molecule has 23 heavy (non-hydrogen) atoms. The van der Waals surface area contributed by atoms with Crippen LogP contribution < -0.4 is 5.56 Å². The molecule has 0 amide bonds. The van der Waals surface area contributed by atoms with Crippen LogP contribution in [0.5, 0.6) is 0 Å². The van der Waals surface area contributed by atoms with E-state index in [0.717, 1.165) is 5.75 Å². The van der Waals surface area contributed by atoms with E-state index in [4.69, 9.17) is 0 Å². The van der Waals surface area contributed by atoms with Crippen molar-refractivity contribution in [3.63, 3.8) is 0 Å². The van der Waals surface area contributed by atoms with Crippen molar-refractivity contribution in [3.05, 3.63) is 64.5 Å². The van der Waals surface area contributed by atoms with Crippen LogP contribution in [0.3, 0.4) is 0 Å². The van der Waals surface area contributed by atoms with Crippen molar-refractivity contribution in [2.45, 2.75) is 19.0 Å². The minimum absolute atomic E-state index is 0.247. The van der Waals surface area contributed by atoms with Crippen LogP contribution >= 0.6 is 11.8 Å². The van der Waals surface area contributed by atoms with Crippen LogP contribution in [-0.2, 0) is 0 Å². The van der Waals surface area contributed by atoms with E-state index < -0.39 is 0 Å². The third-order valence-electron chi connectivity index (χ3n) is 3.25. The highest BCUT2D eigenvalue weighted by molar-refractivity contribution is 7.99. The molecule has 0 spiro atoms. The molecule has 0 saturated heterocycles. The first-order valence-electron chi connectivity index (χ1n) is 7.05. The maximum Gasteiger partial charge on any atom is 0.300 e. The molecule has 1 aromatic carbocycles. The van der Waals surface area contributed by atoms with Gasteiger partial charge in [0.05, 0.1) is 0 Å². The Morgan fingerprint density at radius 1 is 1.22 bits per heavy atom. The Morgan fingerprint density at radius 3 is 2.65 bits per heavy atom. The van der Waals surface area contributed by atoms with E-state index in [-0.39, 0.29) is 17.0 Å². The Bertz CT molecular complexity index is 923. The van der Waals surface area contributed by atoms with E-state index in [1.165, 1.54) is 34.0 Å². The molecule has 0 atom stereocenters. The summed E-state index contributed by atoms with van der Waals surface area (Å²) in [5.41, 5.74) is 1.77. The van der Waals surface area contributed by atoms with Gasteiger partial charge in [-0.25, -0.2) is 4.39 Å². The van der Waals surface area contributed by atoms with Crippen LogP contribution in [0.25, 0.3) is 11.3 Å². The number of nitrogens with zero attached hydrogens (tertiary/aromatic N) is 4. The standard InChI is InChI=1S/C16H15FN4OS/c1-11(2)7-10-23-16-19-18-14-15(22)20(8-9-21(14)16)13-5-3-12(17)4-6-13/h3-9H,10H2,1-2H3. The lowest BCUT2D eigenvalue weighted by molar-refractivity contribution is 0.627. The topological polar surface area (TPSA) is 52.2 Å². The van der Waals surface area contributed by atoms with Gasteiger partial charge in [0.2, 0.25) is 5.65 Å². The van der Waals surface area contributed by atoms with Gasteiger partial charge < -0.3 is 0 Å². The largest absolute Gasteiger partial charge is 0.300 e. The van der Waals surface area contributed by atoms with Gasteiger partial charge in [0.1, 0.15) is 5.82 Å². The highest BCUT2D eigenvalue weighted by Gasteiger charge is 2.11. The number of rotatable bonds is 4. The minimum atomic E-state index is -0.344. The summed E-state index contributed by atoms with van der Waals surface area (Å²) in [7, 11) is 0. The van der Waals surface area contributed by atoms with Crippen molar-refractivity contribution < 1.29 is 4.39 Å². The summed E-state index contributed by atoms with van der Waals surface area (Å²) in [6.07, 6.45) is 5.47. The maximum atomic E-state index is 13.0. The molecule has 0 saturated carbocycles. The molecule has 2 heterocycles. The van der Waals surface area contributed by atoms with Gasteiger partial charge in [-0.2, -0.15) is 0 Å². The summed E-state index contributed by atoms with van der Waals surface area (Å²) in [5.74, 6) is 0.424. The molecule has 2 aromatic heterocycles. The zero-order chi connectivity index (χ0) is 16.4. The van der Waals surface area contributed by atoms with Gasteiger partial charge in [0, 0.05) is 23.8 Å². The molecule has 0 N–H and O–H groups in total. The maximum absolute atomic E-state index is 13.0. The second-order valence-electron chi connectivity index (χ2n) is 5.22. The van der Waals surface area contributed by atoms with Gasteiger partial charge in [-0.05, 0) is 38.1 Å². The van der Waals surface area contributed by atoms with Crippen molar-refractivity contribution in [2.75, 3.05) is 5.75 Å². The number of allylic oxidation sites excluding steroid dienone is 1. The fourth-order valence-electron chi connectivity index (χ4n) is 2.05. The minimum Gasteiger partial charge on any atom is -0.280 e. The first-order valence-corrected chi connectivity index (χ1v) is 8.03. The Balaban J connectivity index is 1.99. The third kappa shape index (κ3) is 3.19. The van der Waals surface area contributed by atoms with E-state index in [9.17, 15) is 9.18 Å². The lowest BCUT2D eigenvalue weighted by Gasteiger charge is -2.06. The van der Waals surface area contributed by atoms with Crippen molar-refractivity contribution in [1.82, 2.24) is 19.2 Å². The molecule has 3 rings (SSSR count). The van der Waals surface area contributed by atoms with Crippen LogP contribution in [0.4, 0.5) is 4.39 Å². The van der Waals surface area contributed by atoms with E-state index in [0.29, 0.717) is 10.8 Å². The molecule has 3 aromatic rings. The monoisotopic (exact) mass is 330 g/mol. The second-order valence-corrected chi connectivity index (χ2v) is 6.21. The van der Waals surface area contributed by atoms with E-state index in [1.807, 2.05) is 13.8 Å². The van der Waals surface area contributed by atoms with Crippen LogP contribution in [-0.4, -0.2) is 24.9 Å².